The van der Waals surface area contributed by atoms with Crippen LogP contribution in [-0.4, -0.2) is 5.78 Å². The fourth-order valence-electron chi connectivity index (χ4n) is 1.62. The summed E-state index contributed by atoms with van der Waals surface area (Å²) in [7, 11) is 0. The minimum Gasteiger partial charge on any atom is -0.299 e. The predicted octanol–water partition coefficient (Wildman–Crippen LogP) is 4.21. The van der Waals surface area contributed by atoms with Crippen molar-refractivity contribution in [3.8, 4) is 0 Å². The molecule has 2 unspecified atom stereocenters. The molecule has 0 heterocycles. The minimum absolute atomic E-state index is 0.265. The molecule has 2 atom stereocenters. The van der Waals surface area contributed by atoms with Crippen LogP contribution in [0.15, 0.2) is 0 Å². The maximum Gasteiger partial charge on any atom is 0.135 e. The number of unbranched alkanes of at least 4 members (excludes halogenated alkanes) is 3. The Labute approximate surface area is 89.3 Å². The summed E-state index contributed by atoms with van der Waals surface area (Å²) in [5.41, 5.74) is 0. The molecule has 0 aromatic heterocycles. The van der Waals surface area contributed by atoms with E-state index in [2.05, 4.69) is 27.7 Å². The molecule has 0 aliphatic carbocycles. The molecule has 0 spiro atoms. The third-order valence-electron chi connectivity index (χ3n) is 3.28. The second kappa shape index (κ2) is 8.02. The topological polar surface area (TPSA) is 17.1 Å². The number of Topliss-reactive ketones (excluding diaryl/α,β-unsaturated/α-hetero) is 1. The van der Waals surface area contributed by atoms with Crippen LogP contribution in [0.1, 0.15) is 66.2 Å². The molecular weight excluding hydrogens is 172 g/mol. The Hall–Kier alpha value is -0.330. The molecule has 0 amide bonds. The Morgan fingerprint density at radius 2 is 1.71 bits per heavy atom. The maximum atomic E-state index is 11.7. The van der Waals surface area contributed by atoms with Gasteiger partial charge in [-0.15, -0.1) is 0 Å². The first-order chi connectivity index (χ1) is 6.63. The average molecular weight is 198 g/mol. The quantitative estimate of drug-likeness (QED) is 0.534. The van der Waals surface area contributed by atoms with E-state index in [1.165, 1.54) is 19.3 Å². The van der Waals surface area contributed by atoms with Crippen LogP contribution in [0.25, 0.3) is 0 Å². The van der Waals surface area contributed by atoms with Gasteiger partial charge in [-0.1, -0.05) is 53.4 Å². The van der Waals surface area contributed by atoms with E-state index in [4.69, 9.17) is 0 Å². The van der Waals surface area contributed by atoms with Gasteiger partial charge < -0.3 is 0 Å². The molecule has 0 fully saturated rings. The third-order valence-corrected chi connectivity index (χ3v) is 3.28. The number of hydrogen-bond acceptors (Lipinski definition) is 1. The Morgan fingerprint density at radius 3 is 2.21 bits per heavy atom. The van der Waals surface area contributed by atoms with Gasteiger partial charge in [-0.2, -0.15) is 0 Å². The van der Waals surface area contributed by atoms with Crippen molar-refractivity contribution in [3.63, 3.8) is 0 Å². The Balaban J connectivity index is 3.62. The van der Waals surface area contributed by atoms with Gasteiger partial charge in [0, 0.05) is 12.3 Å². The third kappa shape index (κ3) is 5.41. The highest BCUT2D eigenvalue weighted by Gasteiger charge is 2.17. The monoisotopic (exact) mass is 198 g/mol. The molecule has 0 bridgehead atoms. The van der Waals surface area contributed by atoms with E-state index in [-0.39, 0.29) is 5.92 Å². The zero-order valence-corrected chi connectivity index (χ0v) is 10.3. The fraction of sp³-hybridized carbons (Fsp3) is 0.923. The van der Waals surface area contributed by atoms with Gasteiger partial charge in [0.1, 0.15) is 5.78 Å². The summed E-state index contributed by atoms with van der Waals surface area (Å²) in [5, 5.41) is 0. The first-order valence-electron chi connectivity index (χ1n) is 6.16. The first kappa shape index (κ1) is 13.7. The molecular formula is C13H26O. The van der Waals surface area contributed by atoms with E-state index in [0.717, 1.165) is 19.3 Å². The van der Waals surface area contributed by atoms with Crippen molar-refractivity contribution in [3.05, 3.63) is 0 Å². The van der Waals surface area contributed by atoms with Crippen LogP contribution in [0, 0.1) is 11.8 Å². The lowest BCUT2D eigenvalue weighted by atomic mass is 9.88. The van der Waals surface area contributed by atoms with Crippen LogP contribution in [0.2, 0.25) is 0 Å². The van der Waals surface area contributed by atoms with Gasteiger partial charge >= 0.3 is 0 Å². The molecule has 0 aromatic carbocycles. The molecule has 1 heteroatoms. The van der Waals surface area contributed by atoms with Gasteiger partial charge in [0.15, 0.2) is 0 Å². The number of carbonyl (C=O) groups excluding carboxylic acids is 1. The Bertz CT molecular complexity index is 151. The summed E-state index contributed by atoms with van der Waals surface area (Å²) in [6.45, 7) is 8.61. The van der Waals surface area contributed by atoms with E-state index in [0.29, 0.717) is 11.7 Å². The zero-order valence-electron chi connectivity index (χ0n) is 10.3. The molecule has 0 N–H and O–H groups in total. The molecule has 1 nitrogen and oxygen atoms in total. The maximum absolute atomic E-state index is 11.7. The number of hydrogen-bond donors (Lipinski definition) is 0. The summed E-state index contributed by atoms with van der Waals surface area (Å²) in [6, 6.07) is 0. The van der Waals surface area contributed by atoms with Crippen LogP contribution >= 0.6 is 0 Å². The summed E-state index contributed by atoms with van der Waals surface area (Å²) < 4.78 is 0. The van der Waals surface area contributed by atoms with Crippen LogP contribution in [0.5, 0.6) is 0 Å². The van der Waals surface area contributed by atoms with Crippen molar-refractivity contribution >= 4 is 5.78 Å². The smallest absolute Gasteiger partial charge is 0.135 e. The molecule has 84 valence electrons. The van der Waals surface area contributed by atoms with Crippen molar-refractivity contribution in [1.29, 1.82) is 0 Å². The Kier molecular flexibility index (Phi) is 7.83. The molecule has 0 radical (unpaired) electrons. The molecule has 0 saturated carbocycles. The molecule has 0 aromatic rings. The van der Waals surface area contributed by atoms with E-state index >= 15 is 0 Å². The standard InChI is InChI=1S/C13H26O/c1-5-7-8-9-10-13(14)12(4)11(3)6-2/h11-12H,5-10H2,1-4H3. The highest BCUT2D eigenvalue weighted by molar-refractivity contribution is 5.80. The number of rotatable bonds is 8. The van der Waals surface area contributed by atoms with Crippen LogP contribution < -0.4 is 0 Å². The average Bonchev–Trinajstić information content (AvgIpc) is 2.21. The van der Waals surface area contributed by atoms with E-state index < -0.39 is 0 Å². The fourth-order valence-corrected chi connectivity index (χ4v) is 1.62. The van der Waals surface area contributed by atoms with Crippen molar-refractivity contribution in [2.45, 2.75) is 66.2 Å². The van der Waals surface area contributed by atoms with Gasteiger partial charge in [-0.3, -0.25) is 4.79 Å². The van der Waals surface area contributed by atoms with Gasteiger partial charge in [0.2, 0.25) is 0 Å². The largest absolute Gasteiger partial charge is 0.299 e. The first-order valence-corrected chi connectivity index (χ1v) is 6.16. The lowest BCUT2D eigenvalue weighted by Gasteiger charge is -2.16. The van der Waals surface area contributed by atoms with Gasteiger partial charge in [0.05, 0.1) is 0 Å². The molecule has 0 rings (SSSR count). The molecule has 0 aliphatic rings. The number of ketones is 1. The lowest BCUT2D eigenvalue weighted by Crippen LogP contribution is -2.18. The second-order valence-electron chi connectivity index (χ2n) is 4.45. The summed E-state index contributed by atoms with van der Waals surface area (Å²) in [6.07, 6.45) is 6.73. The molecule has 0 saturated heterocycles. The van der Waals surface area contributed by atoms with Gasteiger partial charge in [-0.05, 0) is 12.3 Å². The predicted molar refractivity (Wildman–Crippen MR) is 62.4 cm³/mol. The van der Waals surface area contributed by atoms with Crippen molar-refractivity contribution in [2.24, 2.45) is 11.8 Å². The highest BCUT2D eigenvalue weighted by atomic mass is 16.1. The van der Waals surface area contributed by atoms with Crippen molar-refractivity contribution < 1.29 is 4.79 Å². The van der Waals surface area contributed by atoms with E-state index in [9.17, 15) is 4.79 Å². The van der Waals surface area contributed by atoms with E-state index in [1.807, 2.05) is 0 Å². The van der Waals surface area contributed by atoms with Gasteiger partial charge in [-0.25, -0.2) is 0 Å². The van der Waals surface area contributed by atoms with Gasteiger partial charge in [0.25, 0.3) is 0 Å². The number of carbonyl (C=O) groups is 1. The molecule has 14 heavy (non-hydrogen) atoms. The summed E-state index contributed by atoms with van der Waals surface area (Å²) in [5.74, 6) is 1.28. The normalized spacial score (nSPS) is 15.1. The van der Waals surface area contributed by atoms with Crippen molar-refractivity contribution in [2.75, 3.05) is 0 Å². The summed E-state index contributed by atoms with van der Waals surface area (Å²) >= 11 is 0. The van der Waals surface area contributed by atoms with Crippen LogP contribution in [0.3, 0.4) is 0 Å². The van der Waals surface area contributed by atoms with Crippen molar-refractivity contribution in [1.82, 2.24) is 0 Å². The highest BCUT2D eigenvalue weighted by Crippen LogP contribution is 2.18. The van der Waals surface area contributed by atoms with E-state index in [1.54, 1.807) is 0 Å². The summed E-state index contributed by atoms with van der Waals surface area (Å²) in [4.78, 5) is 11.7. The Morgan fingerprint density at radius 1 is 1.07 bits per heavy atom. The lowest BCUT2D eigenvalue weighted by molar-refractivity contribution is -0.123. The second-order valence-corrected chi connectivity index (χ2v) is 4.45. The minimum atomic E-state index is 0.265. The van der Waals surface area contributed by atoms with Crippen LogP contribution in [-0.2, 0) is 4.79 Å². The SMILES string of the molecule is CCCCCCC(=O)C(C)C(C)CC. The zero-order chi connectivity index (χ0) is 11.0. The van der Waals surface area contributed by atoms with Crippen LogP contribution in [0.4, 0.5) is 0 Å². The molecule has 0 aliphatic heterocycles.